The molecule has 3 N–H and O–H groups in total. The second kappa shape index (κ2) is 11.0. The summed E-state index contributed by atoms with van der Waals surface area (Å²) in [7, 11) is 0. The highest BCUT2D eigenvalue weighted by Gasteiger charge is 2.11. The number of rotatable bonds is 10. The van der Waals surface area contributed by atoms with E-state index in [1.54, 1.807) is 17.8 Å². The summed E-state index contributed by atoms with van der Waals surface area (Å²) in [5.74, 6) is 0.811. The van der Waals surface area contributed by atoms with Gasteiger partial charge in [-0.25, -0.2) is 0 Å². The van der Waals surface area contributed by atoms with Crippen LogP contribution in [0.2, 0.25) is 0 Å². The zero-order chi connectivity index (χ0) is 12.2. The molecule has 0 aromatic carbocycles. The highest BCUT2D eigenvalue weighted by molar-refractivity contribution is 7.98. The van der Waals surface area contributed by atoms with Gasteiger partial charge in [0.1, 0.15) is 0 Å². The Hall–Kier alpha value is -0.520. The number of ether oxygens (including phenoxy) is 1. The topological polar surface area (TPSA) is 64.3 Å². The molecule has 0 unspecified atom stereocenters. The zero-order valence-corrected chi connectivity index (χ0v) is 10.7. The maximum atomic E-state index is 11.4. The largest absolute Gasteiger partial charge is 0.379 e. The molecule has 5 heteroatoms. The minimum atomic E-state index is -0.402. The van der Waals surface area contributed by atoms with Crippen molar-refractivity contribution in [1.82, 2.24) is 5.32 Å². The average molecular weight is 246 g/mol. The molecule has 0 spiro atoms. The molecule has 4 nitrogen and oxygen atoms in total. The molecule has 0 heterocycles. The monoisotopic (exact) mass is 246 g/mol. The van der Waals surface area contributed by atoms with E-state index in [4.69, 9.17) is 10.5 Å². The molecule has 0 bridgehead atoms. The molecule has 0 radical (unpaired) electrons. The molecule has 0 saturated carbocycles. The van der Waals surface area contributed by atoms with Crippen molar-refractivity contribution in [2.45, 2.75) is 18.9 Å². The van der Waals surface area contributed by atoms with Crippen molar-refractivity contribution in [1.29, 1.82) is 0 Å². The van der Waals surface area contributed by atoms with Gasteiger partial charge in [0.25, 0.3) is 0 Å². The first kappa shape index (κ1) is 15.5. The molecule has 1 amide bonds. The summed E-state index contributed by atoms with van der Waals surface area (Å²) < 4.78 is 5.25. The van der Waals surface area contributed by atoms with Crippen molar-refractivity contribution < 1.29 is 9.53 Å². The molecule has 0 rings (SSSR count). The van der Waals surface area contributed by atoms with Crippen molar-refractivity contribution in [2.24, 2.45) is 5.73 Å². The van der Waals surface area contributed by atoms with Gasteiger partial charge >= 0.3 is 0 Å². The molecule has 0 aromatic heterocycles. The molecule has 16 heavy (non-hydrogen) atoms. The Morgan fingerprint density at radius 2 is 2.38 bits per heavy atom. The standard InChI is InChI=1S/C11H22N2O2S/c1-3-4-7-15-8-6-13-11(14)10(12)5-9-16-2/h3,10H,1,4-9,12H2,2H3,(H,13,14)/t10-/m1/s1. The SMILES string of the molecule is C=CCCOCCNC(=O)[C@H](N)CCSC. The summed E-state index contributed by atoms with van der Waals surface area (Å²) in [6.45, 7) is 5.28. The fourth-order valence-corrected chi connectivity index (χ4v) is 1.51. The molecule has 0 aliphatic rings. The summed E-state index contributed by atoms with van der Waals surface area (Å²) in [5.41, 5.74) is 5.69. The third-order valence-corrected chi connectivity index (χ3v) is 2.63. The van der Waals surface area contributed by atoms with E-state index in [0.717, 1.165) is 12.2 Å². The molecule has 0 saturated heterocycles. The van der Waals surface area contributed by atoms with Gasteiger partial charge in [0.05, 0.1) is 19.3 Å². The third-order valence-electron chi connectivity index (χ3n) is 1.98. The van der Waals surface area contributed by atoms with Crippen LogP contribution in [0, 0.1) is 0 Å². The van der Waals surface area contributed by atoms with Crippen LogP contribution in [0.1, 0.15) is 12.8 Å². The maximum Gasteiger partial charge on any atom is 0.237 e. The number of hydrogen-bond donors (Lipinski definition) is 2. The van der Waals surface area contributed by atoms with Crippen molar-refractivity contribution in [3.8, 4) is 0 Å². The number of carbonyl (C=O) groups is 1. The molecular formula is C11H22N2O2S. The smallest absolute Gasteiger partial charge is 0.237 e. The highest BCUT2D eigenvalue weighted by atomic mass is 32.2. The van der Waals surface area contributed by atoms with Gasteiger partial charge in [0.15, 0.2) is 0 Å². The van der Waals surface area contributed by atoms with Crippen molar-refractivity contribution in [3.63, 3.8) is 0 Å². The number of amides is 1. The average Bonchev–Trinajstić information content (AvgIpc) is 2.30. The summed E-state index contributed by atoms with van der Waals surface area (Å²) >= 11 is 1.69. The first-order valence-electron chi connectivity index (χ1n) is 5.43. The van der Waals surface area contributed by atoms with Gasteiger partial charge in [-0.05, 0) is 24.9 Å². The van der Waals surface area contributed by atoms with Crippen LogP contribution in [-0.4, -0.2) is 43.7 Å². The van der Waals surface area contributed by atoms with Gasteiger partial charge < -0.3 is 15.8 Å². The van der Waals surface area contributed by atoms with E-state index in [-0.39, 0.29) is 5.91 Å². The van der Waals surface area contributed by atoms with E-state index in [0.29, 0.717) is 26.2 Å². The molecular weight excluding hydrogens is 224 g/mol. The molecule has 94 valence electrons. The van der Waals surface area contributed by atoms with E-state index >= 15 is 0 Å². The fourth-order valence-electron chi connectivity index (χ4n) is 1.02. The predicted octanol–water partition coefficient (Wildman–Crippen LogP) is 0.776. The van der Waals surface area contributed by atoms with Gasteiger partial charge in [0.2, 0.25) is 5.91 Å². The van der Waals surface area contributed by atoms with Crippen LogP contribution in [0.4, 0.5) is 0 Å². The lowest BCUT2D eigenvalue weighted by molar-refractivity contribution is -0.122. The number of carbonyl (C=O) groups excluding carboxylic acids is 1. The number of nitrogens with two attached hydrogens (primary N) is 1. The van der Waals surface area contributed by atoms with Crippen LogP contribution in [-0.2, 0) is 9.53 Å². The summed E-state index contributed by atoms with van der Waals surface area (Å²) in [6, 6.07) is -0.402. The lowest BCUT2D eigenvalue weighted by atomic mass is 10.2. The first-order valence-corrected chi connectivity index (χ1v) is 6.82. The first-order chi connectivity index (χ1) is 7.72. The van der Waals surface area contributed by atoms with Crippen LogP contribution >= 0.6 is 11.8 Å². The van der Waals surface area contributed by atoms with E-state index in [9.17, 15) is 4.79 Å². The second-order valence-electron chi connectivity index (χ2n) is 3.37. The fraction of sp³-hybridized carbons (Fsp3) is 0.727. The minimum absolute atomic E-state index is 0.0960. The van der Waals surface area contributed by atoms with Gasteiger partial charge in [-0.15, -0.1) is 6.58 Å². The maximum absolute atomic E-state index is 11.4. The Bertz CT molecular complexity index is 200. The molecule has 0 aromatic rings. The summed E-state index contributed by atoms with van der Waals surface area (Å²) in [4.78, 5) is 11.4. The van der Waals surface area contributed by atoms with Crippen LogP contribution in [0.15, 0.2) is 12.7 Å². The summed E-state index contributed by atoms with van der Waals surface area (Å²) in [5, 5.41) is 2.74. The van der Waals surface area contributed by atoms with Crippen LogP contribution in [0.25, 0.3) is 0 Å². The lowest BCUT2D eigenvalue weighted by Crippen LogP contribution is -2.42. The Morgan fingerprint density at radius 1 is 1.62 bits per heavy atom. The second-order valence-corrected chi connectivity index (χ2v) is 4.35. The van der Waals surface area contributed by atoms with Crippen LogP contribution < -0.4 is 11.1 Å². The number of hydrogen-bond acceptors (Lipinski definition) is 4. The Balaban J connectivity index is 3.38. The third kappa shape index (κ3) is 8.76. The summed E-state index contributed by atoms with van der Waals surface area (Å²) in [6.07, 6.45) is 5.35. The van der Waals surface area contributed by atoms with Gasteiger partial charge in [0, 0.05) is 6.54 Å². The van der Waals surface area contributed by atoms with E-state index in [1.807, 2.05) is 6.26 Å². The highest BCUT2D eigenvalue weighted by Crippen LogP contribution is 1.98. The van der Waals surface area contributed by atoms with Gasteiger partial charge in [-0.2, -0.15) is 11.8 Å². The number of nitrogens with one attached hydrogen (secondary N) is 1. The molecule has 1 atom stereocenters. The molecule has 0 fully saturated rings. The van der Waals surface area contributed by atoms with E-state index in [1.165, 1.54) is 0 Å². The normalized spacial score (nSPS) is 12.1. The van der Waals surface area contributed by atoms with Crippen molar-refractivity contribution >= 4 is 17.7 Å². The van der Waals surface area contributed by atoms with Crippen LogP contribution in [0.5, 0.6) is 0 Å². The zero-order valence-electron chi connectivity index (χ0n) is 9.91. The minimum Gasteiger partial charge on any atom is -0.379 e. The van der Waals surface area contributed by atoms with Gasteiger partial charge in [-0.1, -0.05) is 6.08 Å². The molecule has 0 aliphatic carbocycles. The Kier molecular flexibility index (Phi) is 10.6. The van der Waals surface area contributed by atoms with Crippen molar-refractivity contribution in [2.75, 3.05) is 31.8 Å². The quantitative estimate of drug-likeness (QED) is 0.441. The van der Waals surface area contributed by atoms with Crippen molar-refractivity contribution in [3.05, 3.63) is 12.7 Å². The van der Waals surface area contributed by atoms with E-state index < -0.39 is 6.04 Å². The predicted molar refractivity (Wildman–Crippen MR) is 69.6 cm³/mol. The lowest BCUT2D eigenvalue weighted by Gasteiger charge is -2.11. The molecule has 0 aliphatic heterocycles. The van der Waals surface area contributed by atoms with Crippen LogP contribution in [0.3, 0.4) is 0 Å². The Labute approximate surface area is 102 Å². The number of thioether (sulfide) groups is 1. The van der Waals surface area contributed by atoms with Gasteiger partial charge in [-0.3, -0.25) is 4.79 Å². The van der Waals surface area contributed by atoms with E-state index in [2.05, 4.69) is 11.9 Å². The Morgan fingerprint density at radius 3 is 3.00 bits per heavy atom.